The van der Waals surface area contributed by atoms with Crippen molar-refractivity contribution in [3.05, 3.63) is 59.7 Å². The third-order valence-electron chi connectivity index (χ3n) is 2.81. The van der Waals surface area contributed by atoms with Crippen LogP contribution in [-0.2, 0) is 9.59 Å². The van der Waals surface area contributed by atoms with Gasteiger partial charge in [0, 0.05) is 25.0 Å². The average molecular weight is 324 g/mol. The van der Waals surface area contributed by atoms with Gasteiger partial charge >= 0.3 is 11.9 Å². The van der Waals surface area contributed by atoms with Crippen molar-refractivity contribution in [1.82, 2.24) is 0 Å². The Bertz CT molecular complexity index is 730. The molecule has 0 aromatic heterocycles. The molecule has 0 bridgehead atoms. The highest BCUT2D eigenvalue weighted by atomic mass is 16.5. The second-order valence-electron chi connectivity index (χ2n) is 4.75. The minimum Gasteiger partial charge on any atom is -0.426 e. The topological polar surface area (TPSA) is 77.3 Å². The van der Waals surface area contributed by atoms with Gasteiger partial charge in [-0.15, -0.1) is 0 Å². The second-order valence-corrected chi connectivity index (χ2v) is 4.75. The van der Waals surface area contributed by atoms with Gasteiger partial charge in [-0.2, -0.15) is 10.2 Å². The van der Waals surface area contributed by atoms with Gasteiger partial charge in [-0.1, -0.05) is 24.3 Å². The molecule has 0 saturated heterocycles. The van der Waals surface area contributed by atoms with E-state index in [1.165, 1.54) is 26.3 Å². The highest BCUT2D eigenvalue weighted by Crippen LogP contribution is 2.17. The Labute approximate surface area is 139 Å². The Balaban J connectivity index is 2.14. The number of hydrogen-bond donors (Lipinski definition) is 0. The fraction of sp³-hybridized carbons (Fsp3) is 0.111. The van der Waals surface area contributed by atoms with Crippen molar-refractivity contribution in [3.63, 3.8) is 0 Å². The number of benzene rings is 2. The van der Waals surface area contributed by atoms with Crippen LogP contribution in [0.5, 0.6) is 11.5 Å². The molecule has 0 fully saturated rings. The van der Waals surface area contributed by atoms with Crippen LogP contribution in [0.15, 0.2) is 58.7 Å². The highest BCUT2D eigenvalue weighted by molar-refractivity contribution is 5.88. The van der Waals surface area contributed by atoms with E-state index in [1.807, 2.05) is 0 Å². The normalized spacial score (nSPS) is 10.9. The molecular weight excluding hydrogens is 308 g/mol. The van der Waals surface area contributed by atoms with Crippen molar-refractivity contribution in [2.75, 3.05) is 0 Å². The van der Waals surface area contributed by atoms with E-state index in [0.29, 0.717) is 22.6 Å². The lowest BCUT2D eigenvalue weighted by Crippen LogP contribution is -2.03. The summed E-state index contributed by atoms with van der Waals surface area (Å²) < 4.78 is 10.2. The summed E-state index contributed by atoms with van der Waals surface area (Å²) in [6.07, 6.45) is 2.95. The molecule has 0 aliphatic heterocycles. The minimum absolute atomic E-state index is 0.407. The number of esters is 2. The summed E-state index contributed by atoms with van der Waals surface area (Å²) in [5.74, 6) is -0.00199. The Morgan fingerprint density at radius 3 is 1.50 bits per heavy atom. The molecule has 0 radical (unpaired) electrons. The van der Waals surface area contributed by atoms with Crippen LogP contribution in [0.4, 0.5) is 0 Å². The summed E-state index contributed by atoms with van der Waals surface area (Å²) in [4.78, 5) is 22.1. The van der Waals surface area contributed by atoms with Crippen LogP contribution in [0.3, 0.4) is 0 Å². The van der Waals surface area contributed by atoms with Gasteiger partial charge in [0.1, 0.15) is 11.5 Å². The third kappa shape index (κ3) is 5.17. The van der Waals surface area contributed by atoms with Gasteiger partial charge in [-0.3, -0.25) is 9.59 Å². The zero-order chi connectivity index (χ0) is 17.4. The number of nitrogens with zero attached hydrogens (tertiary/aromatic N) is 2. The fourth-order valence-electron chi connectivity index (χ4n) is 1.86. The molecule has 6 heteroatoms. The van der Waals surface area contributed by atoms with Crippen molar-refractivity contribution in [1.29, 1.82) is 0 Å². The van der Waals surface area contributed by atoms with Gasteiger partial charge in [0.25, 0.3) is 0 Å². The van der Waals surface area contributed by atoms with Crippen molar-refractivity contribution in [2.24, 2.45) is 10.2 Å². The lowest BCUT2D eigenvalue weighted by Gasteiger charge is -2.04. The summed E-state index contributed by atoms with van der Waals surface area (Å²) >= 11 is 0. The van der Waals surface area contributed by atoms with E-state index < -0.39 is 11.9 Å². The van der Waals surface area contributed by atoms with E-state index in [-0.39, 0.29) is 0 Å². The smallest absolute Gasteiger partial charge is 0.308 e. The molecule has 0 atom stereocenters. The van der Waals surface area contributed by atoms with Gasteiger partial charge in [-0.25, -0.2) is 0 Å². The van der Waals surface area contributed by atoms with E-state index in [2.05, 4.69) is 10.2 Å². The SMILES string of the molecule is CC(=O)Oc1ccccc1/C=N\N=C/c1ccccc1OC(C)=O. The monoisotopic (exact) mass is 324 g/mol. The maximum atomic E-state index is 11.1. The number of carbonyl (C=O) groups is 2. The number of hydrogen-bond acceptors (Lipinski definition) is 6. The second kappa shape index (κ2) is 8.38. The van der Waals surface area contributed by atoms with Gasteiger partial charge in [0.15, 0.2) is 0 Å². The van der Waals surface area contributed by atoms with Crippen molar-refractivity contribution in [2.45, 2.75) is 13.8 Å². The summed E-state index contributed by atoms with van der Waals surface area (Å²) in [6.45, 7) is 2.66. The molecule has 0 unspecified atom stereocenters. The molecule has 0 spiro atoms. The molecular formula is C18H16N2O4. The van der Waals surface area contributed by atoms with Crippen LogP contribution < -0.4 is 9.47 Å². The molecule has 122 valence electrons. The Kier molecular flexibility index (Phi) is 5.96. The largest absolute Gasteiger partial charge is 0.426 e. The quantitative estimate of drug-likeness (QED) is 0.367. The maximum absolute atomic E-state index is 11.1. The minimum atomic E-state index is -0.408. The fourth-order valence-corrected chi connectivity index (χ4v) is 1.86. The number of rotatable bonds is 5. The third-order valence-corrected chi connectivity index (χ3v) is 2.81. The van der Waals surface area contributed by atoms with E-state index >= 15 is 0 Å². The van der Waals surface area contributed by atoms with Crippen LogP contribution in [0.1, 0.15) is 25.0 Å². The molecule has 2 aromatic rings. The lowest BCUT2D eigenvalue weighted by molar-refractivity contribution is -0.132. The zero-order valence-electron chi connectivity index (χ0n) is 13.3. The van der Waals surface area contributed by atoms with Crippen molar-refractivity contribution in [3.8, 4) is 11.5 Å². The molecule has 2 aromatic carbocycles. The first-order valence-corrected chi connectivity index (χ1v) is 7.17. The average Bonchev–Trinajstić information content (AvgIpc) is 2.53. The van der Waals surface area contributed by atoms with E-state index in [4.69, 9.17) is 9.47 Å². The Morgan fingerprint density at radius 1 is 0.750 bits per heavy atom. The number of para-hydroxylation sites is 2. The summed E-state index contributed by atoms with van der Waals surface area (Å²) in [6, 6.07) is 14.0. The van der Waals surface area contributed by atoms with Crippen LogP contribution in [0.25, 0.3) is 0 Å². The molecule has 0 heterocycles. The zero-order valence-corrected chi connectivity index (χ0v) is 13.3. The van der Waals surface area contributed by atoms with Gasteiger partial charge in [0.05, 0.1) is 12.4 Å². The molecule has 2 rings (SSSR count). The summed E-state index contributed by atoms with van der Waals surface area (Å²) in [5, 5.41) is 7.88. The molecule has 24 heavy (non-hydrogen) atoms. The summed E-state index contributed by atoms with van der Waals surface area (Å²) in [7, 11) is 0. The van der Waals surface area contributed by atoms with Crippen molar-refractivity contribution >= 4 is 24.4 Å². The number of ether oxygens (including phenoxy) is 2. The predicted molar refractivity (Wildman–Crippen MR) is 90.7 cm³/mol. The molecule has 0 saturated carbocycles. The molecule has 0 amide bonds. The van der Waals surface area contributed by atoms with Crippen molar-refractivity contribution < 1.29 is 19.1 Å². The van der Waals surface area contributed by atoms with Gasteiger partial charge in [0.2, 0.25) is 0 Å². The molecule has 0 aliphatic rings. The van der Waals surface area contributed by atoms with Crippen LogP contribution in [0, 0.1) is 0 Å². The van der Waals surface area contributed by atoms with Gasteiger partial charge < -0.3 is 9.47 Å². The lowest BCUT2D eigenvalue weighted by atomic mass is 10.2. The predicted octanol–water partition coefficient (Wildman–Crippen LogP) is 2.99. The summed E-state index contributed by atoms with van der Waals surface area (Å²) in [5.41, 5.74) is 1.25. The Hall–Kier alpha value is -3.28. The van der Waals surface area contributed by atoms with Crippen LogP contribution in [-0.4, -0.2) is 24.4 Å². The maximum Gasteiger partial charge on any atom is 0.308 e. The molecule has 0 aliphatic carbocycles. The number of carbonyl (C=O) groups excluding carboxylic acids is 2. The van der Waals surface area contributed by atoms with Crippen LogP contribution in [0.2, 0.25) is 0 Å². The highest BCUT2D eigenvalue weighted by Gasteiger charge is 2.04. The van der Waals surface area contributed by atoms with Crippen LogP contribution >= 0.6 is 0 Å². The first kappa shape index (κ1) is 17.1. The van der Waals surface area contributed by atoms with E-state index in [1.54, 1.807) is 48.5 Å². The Morgan fingerprint density at radius 2 is 1.12 bits per heavy atom. The van der Waals surface area contributed by atoms with Gasteiger partial charge in [-0.05, 0) is 24.3 Å². The first-order chi connectivity index (χ1) is 11.6. The molecule has 0 N–H and O–H groups in total. The molecule has 6 nitrogen and oxygen atoms in total. The van der Waals surface area contributed by atoms with E-state index in [0.717, 1.165) is 0 Å². The van der Waals surface area contributed by atoms with E-state index in [9.17, 15) is 9.59 Å². The standard InChI is InChI=1S/C18H16N2O4/c1-13(21)23-17-9-5-3-7-15(17)11-19-20-12-16-8-4-6-10-18(16)24-14(2)22/h3-12H,1-2H3/b19-11-,20-12-. The first-order valence-electron chi connectivity index (χ1n) is 7.17.